The van der Waals surface area contributed by atoms with Crippen molar-refractivity contribution < 1.29 is 4.79 Å². The molecule has 0 aromatic rings. The number of amides is 1. The Morgan fingerprint density at radius 3 is 2.30 bits per heavy atom. The van der Waals surface area contributed by atoms with Crippen molar-refractivity contribution in [2.75, 3.05) is 6.54 Å². The zero-order chi connectivity index (χ0) is 5.98. The van der Waals surface area contributed by atoms with E-state index in [4.69, 9.17) is 5.73 Å². The molecular formula is C5H12Br2N2O. The van der Waals surface area contributed by atoms with Gasteiger partial charge < -0.3 is 11.1 Å². The van der Waals surface area contributed by atoms with E-state index in [1.165, 1.54) is 0 Å². The molecule has 1 amide bonds. The van der Waals surface area contributed by atoms with Gasteiger partial charge in [-0.25, -0.2) is 0 Å². The molecular weight excluding hydrogens is 264 g/mol. The third kappa shape index (κ3) is 3.53. The average molecular weight is 276 g/mol. The number of primary amides is 1. The Hall–Kier alpha value is 0.390. The summed E-state index contributed by atoms with van der Waals surface area (Å²) < 4.78 is 0. The van der Waals surface area contributed by atoms with Crippen molar-refractivity contribution in [1.29, 1.82) is 0 Å². The van der Waals surface area contributed by atoms with Gasteiger partial charge in [0.25, 0.3) is 0 Å². The van der Waals surface area contributed by atoms with Crippen LogP contribution < -0.4 is 11.1 Å². The topological polar surface area (TPSA) is 55.1 Å². The second kappa shape index (κ2) is 6.12. The third-order valence-corrected chi connectivity index (χ3v) is 1.40. The molecule has 5 heteroatoms. The van der Waals surface area contributed by atoms with Gasteiger partial charge in [-0.05, 0) is 19.4 Å². The van der Waals surface area contributed by atoms with Crippen LogP contribution in [0.1, 0.15) is 12.8 Å². The molecule has 3 nitrogen and oxygen atoms in total. The first-order valence-corrected chi connectivity index (χ1v) is 2.83. The van der Waals surface area contributed by atoms with E-state index in [-0.39, 0.29) is 45.9 Å². The molecule has 0 unspecified atom stereocenters. The first-order chi connectivity index (χ1) is 3.80. The van der Waals surface area contributed by atoms with E-state index < -0.39 is 0 Å². The summed E-state index contributed by atoms with van der Waals surface area (Å²) in [5.74, 6) is -0.220. The molecule has 0 bridgehead atoms. The maximum atomic E-state index is 10.4. The Morgan fingerprint density at radius 1 is 1.50 bits per heavy atom. The van der Waals surface area contributed by atoms with Crippen LogP contribution in [0.15, 0.2) is 0 Å². The summed E-state index contributed by atoms with van der Waals surface area (Å²) in [6, 6.07) is -0.0463. The zero-order valence-electron chi connectivity index (χ0n) is 5.50. The molecule has 0 aromatic heterocycles. The molecule has 1 rings (SSSR count). The lowest BCUT2D eigenvalue weighted by Gasteiger charge is -2.01. The average Bonchev–Trinajstić information content (AvgIpc) is 2.12. The summed E-state index contributed by atoms with van der Waals surface area (Å²) in [6.07, 6.45) is 1.99. The minimum atomic E-state index is -0.220. The summed E-state index contributed by atoms with van der Waals surface area (Å²) in [6.45, 7) is 0.938. The van der Waals surface area contributed by atoms with E-state index in [0.29, 0.717) is 0 Å². The van der Waals surface area contributed by atoms with Crippen LogP contribution in [0.5, 0.6) is 0 Å². The molecule has 1 atom stereocenters. The summed E-state index contributed by atoms with van der Waals surface area (Å²) in [5.41, 5.74) is 5.00. The van der Waals surface area contributed by atoms with Gasteiger partial charge in [0.15, 0.2) is 0 Å². The van der Waals surface area contributed by atoms with Crippen LogP contribution >= 0.6 is 34.0 Å². The molecule has 0 saturated carbocycles. The highest BCUT2D eigenvalue weighted by molar-refractivity contribution is 8.93. The van der Waals surface area contributed by atoms with Crippen LogP contribution in [0.4, 0.5) is 0 Å². The highest BCUT2D eigenvalue weighted by Crippen LogP contribution is 2.02. The van der Waals surface area contributed by atoms with E-state index in [1.54, 1.807) is 0 Å². The summed E-state index contributed by atoms with van der Waals surface area (Å²) >= 11 is 0. The predicted molar refractivity (Wildman–Crippen MR) is 50.9 cm³/mol. The fourth-order valence-electron chi connectivity index (χ4n) is 0.927. The van der Waals surface area contributed by atoms with Gasteiger partial charge in [0, 0.05) is 0 Å². The number of carbonyl (C=O) groups is 1. The van der Waals surface area contributed by atoms with E-state index in [0.717, 1.165) is 19.4 Å². The molecule has 1 saturated heterocycles. The normalized spacial score (nSPS) is 22.6. The van der Waals surface area contributed by atoms with Crippen molar-refractivity contribution in [3.8, 4) is 0 Å². The summed E-state index contributed by atoms with van der Waals surface area (Å²) in [4.78, 5) is 10.4. The molecule has 1 heterocycles. The maximum Gasteiger partial charge on any atom is 0.234 e. The maximum absolute atomic E-state index is 10.4. The summed E-state index contributed by atoms with van der Waals surface area (Å²) in [5, 5.41) is 2.98. The smallest absolute Gasteiger partial charge is 0.234 e. The Morgan fingerprint density at radius 2 is 2.10 bits per heavy atom. The van der Waals surface area contributed by atoms with Crippen LogP contribution in [0, 0.1) is 0 Å². The molecule has 0 radical (unpaired) electrons. The van der Waals surface area contributed by atoms with E-state index in [1.807, 2.05) is 0 Å². The van der Waals surface area contributed by atoms with Gasteiger partial charge in [0.1, 0.15) is 0 Å². The van der Waals surface area contributed by atoms with E-state index in [2.05, 4.69) is 5.32 Å². The molecule has 1 fully saturated rings. The van der Waals surface area contributed by atoms with Crippen LogP contribution in [0.3, 0.4) is 0 Å². The second-order valence-corrected chi connectivity index (χ2v) is 2.05. The molecule has 10 heavy (non-hydrogen) atoms. The lowest BCUT2D eigenvalue weighted by atomic mass is 10.2. The number of nitrogens with two attached hydrogens (primary N) is 1. The summed E-state index contributed by atoms with van der Waals surface area (Å²) in [7, 11) is 0. The van der Waals surface area contributed by atoms with E-state index >= 15 is 0 Å². The number of carbonyl (C=O) groups excluding carboxylic acids is 1. The van der Waals surface area contributed by atoms with E-state index in [9.17, 15) is 4.79 Å². The van der Waals surface area contributed by atoms with Crippen molar-refractivity contribution >= 4 is 39.9 Å². The number of hydrogen-bond acceptors (Lipinski definition) is 2. The Labute approximate surface area is 81.3 Å². The number of halogens is 2. The Kier molecular flexibility index (Phi) is 7.97. The number of hydrogen-bond donors (Lipinski definition) is 2. The minimum Gasteiger partial charge on any atom is -0.368 e. The van der Waals surface area contributed by atoms with Crippen LogP contribution in [0.2, 0.25) is 0 Å². The van der Waals surface area contributed by atoms with Gasteiger partial charge in [-0.1, -0.05) is 0 Å². The molecule has 0 spiro atoms. The highest BCUT2D eigenvalue weighted by Gasteiger charge is 2.18. The second-order valence-electron chi connectivity index (χ2n) is 2.05. The fraction of sp³-hybridized carbons (Fsp3) is 0.800. The lowest BCUT2D eigenvalue weighted by Crippen LogP contribution is -2.36. The van der Waals surface area contributed by atoms with Gasteiger partial charge in [-0.15, -0.1) is 34.0 Å². The van der Waals surface area contributed by atoms with Crippen molar-refractivity contribution in [3.63, 3.8) is 0 Å². The van der Waals surface area contributed by atoms with Gasteiger partial charge in [-0.2, -0.15) is 0 Å². The predicted octanol–water partition coefficient (Wildman–Crippen LogP) is 0.380. The molecule has 0 aliphatic carbocycles. The van der Waals surface area contributed by atoms with Crippen LogP contribution in [0.25, 0.3) is 0 Å². The first kappa shape index (κ1) is 13.0. The lowest BCUT2D eigenvalue weighted by molar-refractivity contribution is -0.119. The third-order valence-electron chi connectivity index (χ3n) is 1.40. The molecule has 1 aliphatic heterocycles. The van der Waals surface area contributed by atoms with Crippen molar-refractivity contribution in [2.24, 2.45) is 5.73 Å². The van der Waals surface area contributed by atoms with Crippen LogP contribution in [-0.4, -0.2) is 18.5 Å². The first-order valence-electron chi connectivity index (χ1n) is 2.83. The zero-order valence-corrected chi connectivity index (χ0v) is 8.93. The Balaban J connectivity index is 0. The standard InChI is InChI=1S/C5H10N2O.2BrH/c6-5(8)4-2-1-3-7-4;;/h4,7H,1-3H2,(H2,6,8);2*1H/t4-;;/m0../s1. The van der Waals surface area contributed by atoms with Gasteiger partial charge in [0.2, 0.25) is 5.91 Å². The van der Waals surface area contributed by atoms with Gasteiger partial charge in [-0.3, -0.25) is 4.79 Å². The minimum absolute atomic E-state index is 0. The van der Waals surface area contributed by atoms with Gasteiger partial charge >= 0.3 is 0 Å². The van der Waals surface area contributed by atoms with Crippen molar-refractivity contribution in [1.82, 2.24) is 5.32 Å². The largest absolute Gasteiger partial charge is 0.368 e. The quantitative estimate of drug-likeness (QED) is 0.727. The SMILES string of the molecule is Br.Br.NC(=O)[C@@H]1CCCN1. The molecule has 0 aromatic carbocycles. The molecule has 1 aliphatic rings. The van der Waals surface area contributed by atoms with Crippen molar-refractivity contribution in [2.45, 2.75) is 18.9 Å². The number of rotatable bonds is 1. The number of nitrogens with one attached hydrogen (secondary N) is 1. The monoisotopic (exact) mass is 274 g/mol. The molecule has 62 valence electrons. The molecule has 3 N–H and O–H groups in total. The van der Waals surface area contributed by atoms with Crippen LogP contribution in [-0.2, 0) is 4.79 Å². The Bertz CT molecular complexity index is 104. The van der Waals surface area contributed by atoms with Gasteiger partial charge in [0.05, 0.1) is 6.04 Å². The highest BCUT2D eigenvalue weighted by atomic mass is 79.9. The van der Waals surface area contributed by atoms with Crippen molar-refractivity contribution in [3.05, 3.63) is 0 Å². The fourth-order valence-corrected chi connectivity index (χ4v) is 0.927.